The van der Waals surface area contributed by atoms with Gasteiger partial charge in [-0.25, -0.2) is 4.39 Å². The van der Waals surface area contributed by atoms with Crippen LogP contribution in [0.4, 0.5) is 4.39 Å². The van der Waals surface area contributed by atoms with Crippen LogP contribution in [0.5, 0.6) is 0 Å². The lowest BCUT2D eigenvalue weighted by atomic mass is 11.8. The lowest BCUT2D eigenvalue weighted by Gasteiger charge is -2.23. The minimum absolute atomic E-state index is 0.386. The highest BCUT2D eigenvalue weighted by Gasteiger charge is 2.29. The molecule has 0 heterocycles. The van der Waals surface area contributed by atoms with Crippen LogP contribution in [0.15, 0.2) is 0 Å². The molecule has 0 aliphatic rings. The summed E-state index contributed by atoms with van der Waals surface area (Å²) in [4.78, 5) is 0. The third kappa shape index (κ3) is 3.17. The number of hydrogen-bond donors (Lipinski definition) is 0. The Balaban J connectivity index is 5.90. The monoisotopic (exact) mass is 267 g/mol. The van der Waals surface area contributed by atoms with E-state index in [0.29, 0.717) is 12.5 Å². The SMILES string of the molecule is CS(=O)(=O)[C-](S(C)(=O)=O)S(=O)(=O)CF. The van der Waals surface area contributed by atoms with Crippen molar-refractivity contribution >= 4 is 29.5 Å². The highest BCUT2D eigenvalue weighted by atomic mass is 32.3. The second-order valence-corrected chi connectivity index (χ2v) is 9.05. The van der Waals surface area contributed by atoms with Gasteiger partial charge in [0.15, 0.2) is 6.01 Å². The van der Waals surface area contributed by atoms with Gasteiger partial charge in [0.25, 0.3) is 0 Å². The third-order valence-electron chi connectivity index (χ3n) is 1.00. The van der Waals surface area contributed by atoms with Crippen molar-refractivity contribution in [2.45, 2.75) is 0 Å². The van der Waals surface area contributed by atoms with Crippen LogP contribution in [0.1, 0.15) is 0 Å². The molecule has 0 amide bonds. The zero-order valence-corrected chi connectivity index (χ0v) is 9.71. The molecule has 0 saturated carbocycles. The van der Waals surface area contributed by atoms with E-state index in [-0.39, 0.29) is 0 Å². The molecule has 0 spiro atoms. The summed E-state index contributed by atoms with van der Waals surface area (Å²) >= 11 is 0. The zero-order valence-electron chi connectivity index (χ0n) is 7.26. The van der Waals surface area contributed by atoms with E-state index in [9.17, 15) is 29.6 Å². The molecular weight excluding hydrogens is 259 g/mol. The largest absolute Gasteiger partial charge is 0.260 e. The van der Waals surface area contributed by atoms with Crippen molar-refractivity contribution in [3.63, 3.8) is 0 Å². The average molecular weight is 267 g/mol. The molecule has 0 saturated heterocycles. The lowest BCUT2D eigenvalue weighted by Crippen LogP contribution is -2.29. The molecule has 0 aromatic heterocycles. The van der Waals surface area contributed by atoms with Gasteiger partial charge in [-0.3, -0.25) is 25.3 Å². The Bertz CT molecular complexity index is 465. The van der Waals surface area contributed by atoms with E-state index in [2.05, 4.69) is 0 Å². The molecule has 0 N–H and O–H groups in total. The predicted molar refractivity (Wildman–Crippen MR) is 47.8 cm³/mol. The first-order valence-electron chi connectivity index (χ1n) is 2.98. The minimum Gasteiger partial charge on any atom is -0.260 e. The molecule has 14 heavy (non-hydrogen) atoms. The number of hydrogen-bond acceptors (Lipinski definition) is 6. The number of halogens is 1. The predicted octanol–water partition coefficient (Wildman–Crippen LogP) is -1.14. The molecule has 0 aliphatic carbocycles. The van der Waals surface area contributed by atoms with Crippen molar-refractivity contribution in [3.05, 3.63) is 3.91 Å². The first-order valence-corrected chi connectivity index (χ1v) is 8.42. The van der Waals surface area contributed by atoms with E-state index in [0.717, 1.165) is 0 Å². The molecule has 0 radical (unpaired) electrons. The molecule has 0 aromatic carbocycles. The smallest absolute Gasteiger partial charge is 0.164 e. The maximum atomic E-state index is 11.9. The van der Waals surface area contributed by atoms with Gasteiger partial charge in [0.2, 0.25) is 0 Å². The lowest BCUT2D eigenvalue weighted by molar-refractivity contribution is 0.537. The summed E-state index contributed by atoms with van der Waals surface area (Å²) < 4.78 is 75.1. The van der Waals surface area contributed by atoms with Gasteiger partial charge < -0.3 is 0 Å². The Morgan fingerprint density at radius 1 is 0.929 bits per heavy atom. The van der Waals surface area contributed by atoms with Crippen LogP contribution in [0.3, 0.4) is 0 Å². The Morgan fingerprint density at radius 3 is 1.29 bits per heavy atom. The van der Waals surface area contributed by atoms with E-state index >= 15 is 0 Å². The van der Waals surface area contributed by atoms with Gasteiger partial charge in [-0.15, -0.1) is 0 Å². The van der Waals surface area contributed by atoms with Crippen LogP contribution in [-0.2, 0) is 29.5 Å². The molecular formula is C4H8FO6S3-. The second-order valence-electron chi connectivity index (χ2n) is 2.52. The normalized spacial score (nSPS) is 14.6. The third-order valence-corrected chi connectivity index (χ3v) is 8.17. The Hall–Kier alpha value is -0.220. The van der Waals surface area contributed by atoms with Crippen molar-refractivity contribution < 1.29 is 29.6 Å². The maximum Gasteiger partial charge on any atom is 0.164 e. The van der Waals surface area contributed by atoms with E-state index in [1.807, 2.05) is 0 Å². The van der Waals surface area contributed by atoms with Crippen LogP contribution in [0.25, 0.3) is 0 Å². The summed E-state index contributed by atoms with van der Waals surface area (Å²) in [6.45, 7) is 0. The number of rotatable bonds is 4. The van der Waals surface area contributed by atoms with E-state index in [1.165, 1.54) is 0 Å². The van der Waals surface area contributed by atoms with Gasteiger partial charge in [-0.1, -0.05) is 0 Å². The van der Waals surface area contributed by atoms with Crippen LogP contribution in [0, 0.1) is 3.91 Å². The van der Waals surface area contributed by atoms with Gasteiger partial charge in [0, 0.05) is 16.4 Å². The topological polar surface area (TPSA) is 102 Å². The van der Waals surface area contributed by atoms with E-state index in [1.54, 1.807) is 0 Å². The maximum absolute atomic E-state index is 11.9. The first-order chi connectivity index (χ1) is 5.93. The van der Waals surface area contributed by atoms with E-state index in [4.69, 9.17) is 0 Å². The Labute approximate surface area is 81.9 Å². The molecule has 10 heteroatoms. The average Bonchev–Trinajstić information content (AvgIpc) is 1.79. The molecule has 0 unspecified atom stereocenters. The van der Waals surface area contributed by atoms with Crippen molar-refractivity contribution in [1.29, 1.82) is 0 Å². The summed E-state index contributed by atoms with van der Waals surface area (Å²) in [5, 5.41) is 0. The van der Waals surface area contributed by atoms with Gasteiger partial charge in [0.1, 0.15) is 0 Å². The highest BCUT2D eigenvalue weighted by molar-refractivity contribution is 8.28. The molecule has 0 aromatic rings. The van der Waals surface area contributed by atoms with Crippen molar-refractivity contribution in [3.8, 4) is 0 Å². The summed E-state index contributed by atoms with van der Waals surface area (Å²) in [5.74, 6) is 0. The van der Waals surface area contributed by atoms with Crippen LogP contribution in [0.2, 0.25) is 0 Å². The minimum atomic E-state index is -4.90. The summed E-state index contributed by atoms with van der Waals surface area (Å²) in [6.07, 6.45) is 0.771. The fourth-order valence-corrected chi connectivity index (χ4v) is 7.03. The molecule has 0 rings (SSSR count). The highest BCUT2D eigenvalue weighted by Crippen LogP contribution is 2.24. The number of sulfone groups is 3. The second kappa shape index (κ2) is 3.74. The fraction of sp³-hybridized carbons (Fsp3) is 0.750. The van der Waals surface area contributed by atoms with E-state index < -0.39 is 39.4 Å². The van der Waals surface area contributed by atoms with Gasteiger partial charge in [-0.2, -0.15) is 0 Å². The molecule has 0 aliphatic heterocycles. The van der Waals surface area contributed by atoms with Crippen molar-refractivity contribution in [2.75, 3.05) is 18.5 Å². The fourth-order valence-electron chi connectivity index (χ4n) is 0.781. The Kier molecular flexibility index (Phi) is 3.68. The number of alkyl halides is 1. The standard InChI is InChI=1S/C4H8FO6S3/c1-12(6,7)4(13(2,8)9)14(10,11)3-5/h3H2,1-2H3/q-1. The molecule has 86 valence electrons. The zero-order chi connectivity index (χ0) is 11.8. The summed E-state index contributed by atoms with van der Waals surface area (Å²) in [6, 6.07) is -2.07. The molecule has 0 fully saturated rings. The quantitative estimate of drug-likeness (QED) is 0.597. The molecule has 0 bridgehead atoms. The van der Waals surface area contributed by atoms with Crippen LogP contribution >= 0.6 is 0 Å². The van der Waals surface area contributed by atoms with Crippen LogP contribution < -0.4 is 0 Å². The summed E-state index contributed by atoms with van der Waals surface area (Å²) in [5.41, 5.74) is 0. The Morgan fingerprint density at radius 2 is 1.21 bits per heavy atom. The molecule has 6 nitrogen and oxygen atoms in total. The van der Waals surface area contributed by atoms with Crippen molar-refractivity contribution in [2.24, 2.45) is 0 Å². The van der Waals surface area contributed by atoms with Gasteiger partial charge >= 0.3 is 0 Å². The van der Waals surface area contributed by atoms with Crippen molar-refractivity contribution in [1.82, 2.24) is 0 Å². The van der Waals surface area contributed by atoms with Gasteiger partial charge in [-0.05, 0) is 0 Å². The van der Waals surface area contributed by atoms with Gasteiger partial charge in [0.05, 0.1) is 29.5 Å². The van der Waals surface area contributed by atoms with Crippen LogP contribution in [-0.4, -0.2) is 43.8 Å². The first kappa shape index (κ1) is 13.8. The summed E-state index contributed by atoms with van der Waals surface area (Å²) in [7, 11) is -13.9. The molecule has 0 atom stereocenters.